The molecule has 0 bridgehead atoms. The number of aromatic nitrogens is 1. The van der Waals surface area contributed by atoms with Crippen LogP contribution in [0.3, 0.4) is 0 Å². The Balaban J connectivity index is 2.21. The van der Waals surface area contributed by atoms with Gasteiger partial charge in [0.1, 0.15) is 17.2 Å². The van der Waals surface area contributed by atoms with Crippen molar-refractivity contribution in [1.29, 1.82) is 0 Å². The fourth-order valence-electron chi connectivity index (χ4n) is 2.62. The largest absolute Gasteiger partial charge is 0.573 e. The van der Waals surface area contributed by atoms with Gasteiger partial charge in [-0.25, -0.2) is 10.3 Å². The Bertz CT molecular complexity index is 966. The van der Waals surface area contributed by atoms with Crippen molar-refractivity contribution in [2.24, 2.45) is 0 Å². The minimum atomic E-state index is -5.15. The predicted molar refractivity (Wildman–Crippen MR) is 85.6 cm³/mol. The number of ether oxygens (including phenoxy) is 2. The summed E-state index contributed by atoms with van der Waals surface area (Å²) in [5, 5.41) is 1.92. The van der Waals surface area contributed by atoms with Crippen LogP contribution in [0.15, 0.2) is 42.6 Å². The van der Waals surface area contributed by atoms with Crippen molar-refractivity contribution in [2.75, 3.05) is 0 Å². The molecule has 5 nitrogen and oxygen atoms in total. The fourth-order valence-corrected chi connectivity index (χ4v) is 2.62. The third kappa shape index (κ3) is 4.27. The summed E-state index contributed by atoms with van der Waals surface area (Å²) in [5.41, 5.74) is -4.01. The zero-order valence-corrected chi connectivity index (χ0v) is 14.1. The first kappa shape index (κ1) is 20.5. The maximum Gasteiger partial charge on any atom is 0.573 e. The summed E-state index contributed by atoms with van der Waals surface area (Å²) >= 11 is 0. The van der Waals surface area contributed by atoms with Crippen molar-refractivity contribution in [2.45, 2.75) is 24.3 Å². The third-order valence-electron chi connectivity index (χ3n) is 3.79. The van der Waals surface area contributed by atoms with Crippen molar-refractivity contribution in [1.82, 2.24) is 10.3 Å². The highest BCUT2D eigenvalue weighted by Crippen LogP contribution is 2.46. The van der Waals surface area contributed by atoms with Crippen LogP contribution in [0.5, 0.6) is 11.5 Å². The third-order valence-corrected chi connectivity index (χ3v) is 3.79. The van der Waals surface area contributed by atoms with Crippen molar-refractivity contribution >= 4 is 6.29 Å². The predicted octanol–water partition coefficient (Wildman–Crippen LogP) is 3.30. The number of nitrogens with one attached hydrogen (secondary N) is 1. The van der Waals surface area contributed by atoms with Crippen LogP contribution in [0.2, 0.25) is 0 Å². The summed E-state index contributed by atoms with van der Waals surface area (Å²) in [5.74, 6) is 2.84. The minimum absolute atomic E-state index is 0.0173. The Labute approximate surface area is 159 Å². The summed E-state index contributed by atoms with van der Waals surface area (Å²) in [7, 11) is 0. The van der Waals surface area contributed by atoms with Gasteiger partial charge in [0.05, 0.1) is 0 Å². The Hall–Kier alpha value is -3.26. The van der Waals surface area contributed by atoms with E-state index >= 15 is 0 Å². The lowest BCUT2D eigenvalue weighted by Crippen LogP contribution is -2.61. The van der Waals surface area contributed by atoms with E-state index in [0.29, 0.717) is 6.07 Å². The molecule has 1 aromatic heterocycles. The van der Waals surface area contributed by atoms with E-state index in [2.05, 4.69) is 15.6 Å². The molecule has 0 saturated heterocycles. The lowest BCUT2D eigenvalue weighted by atomic mass is 9.86. The molecular weight excluding hydrogens is 406 g/mol. The Morgan fingerprint density at radius 2 is 1.93 bits per heavy atom. The molecule has 2 atom stereocenters. The molecule has 2 unspecified atom stereocenters. The van der Waals surface area contributed by atoms with Crippen molar-refractivity contribution in [3.63, 3.8) is 0 Å². The molecule has 0 radical (unpaired) electrons. The smallest absolute Gasteiger partial charge is 0.468 e. The minimum Gasteiger partial charge on any atom is -0.468 e. The van der Waals surface area contributed by atoms with Crippen LogP contribution in [0.25, 0.3) is 0 Å². The number of rotatable bonds is 2. The van der Waals surface area contributed by atoms with Gasteiger partial charge in [-0.3, -0.25) is 4.79 Å². The molecule has 0 aliphatic carbocycles. The summed E-state index contributed by atoms with van der Waals surface area (Å²) in [6.45, 7) is 0. The molecule has 3 rings (SSSR count). The highest BCUT2D eigenvalue weighted by molar-refractivity contribution is 5.61. The van der Waals surface area contributed by atoms with E-state index < -0.39 is 41.4 Å². The van der Waals surface area contributed by atoms with E-state index in [9.17, 15) is 31.1 Å². The Morgan fingerprint density at radius 3 is 2.52 bits per heavy atom. The van der Waals surface area contributed by atoms with Gasteiger partial charge in [0.2, 0.25) is 11.8 Å². The van der Waals surface area contributed by atoms with Gasteiger partial charge in [-0.15, -0.1) is 13.2 Å². The molecular formula is C18H10F6N2O3. The molecule has 0 spiro atoms. The highest BCUT2D eigenvalue weighted by Gasteiger charge is 2.60. The maximum atomic E-state index is 14.1. The number of fused-ring (bicyclic) bond motifs is 1. The topological polar surface area (TPSA) is 60.5 Å². The van der Waals surface area contributed by atoms with Crippen LogP contribution in [0.1, 0.15) is 11.3 Å². The molecule has 152 valence electrons. The van der Waals surface area contributed by atoms with E-state index in [1.54, 1.807) is 0 Å². The fraction of sp³-hybridized carbons (Fsp3) is 0.222. The van der Waals surface area contributed by atoms with Crippen molar-refractivity contribution in [3.8, 4) is 23.3 Å². The van der Waals surface area contributed by atoms with Crippen LogP contribution in [0.4, 0.5) is 26.3 Å². The second-order valence-electron chi connectivity index (χ2n) is 5.74. The second kappa shape index (κ2) is 7.29. The highest BCUT2D eigenvalue weighted by atomic mass is 19.4. The molecule has 1 N–H and O–H groups in total. The molecule has 29 heavy (non-hydrogen) atoms. The van der Waals surface area contributed by atoms with E-state index in [1.807, 2.05) is 11.2 Å². The first-order valence-electron chi connectivity index (χ1n) is 7.85. The van der Waals surface area contributed by atoms with Crippen LogP contribution >= 0.6 is 0 Å². The Kier molecular flexibility index (Phi) is 5.15. The molecule has 2 heterocycles. The zero-order valence-electron chi connectivity index (χ0n) is 14.1. The molecule has 0 saturated carbocycles. The van der Waals surface area contributed by atoms with Gasteiger partial charge in [0.25, 0.3) is 0 Å². The van der Waals surface area contributed by atoms with Gasteiger partial charge < -0.3 is 9.47 Å². The number of carbonyl (C=O) groups is 1. The molecule has 11 heteroatoms. The van der Waals surface area contributed by atoms with Crippen LogP contribution in [-0.2, 0) is 10.3 Å². The number of pyridine rings is 1. The lowest BCUT2D eigenvalue weighted by molar-refractivity contribution is -0.274. The molecule has 2 aromatic rings. The van der Waals surface area contributed by atoms with Crippen LogP contribution in [-0.4, -0.2) is 30.0 Å². The summed E-state index contributed by atoms with van der Waals surface area (Å²) in [6.07, 6.45) is -10.6. The number of halogens is 6. The van der Waals surface area contributed by atoms with Crippen molar-refractivity contribution in [3.05, 3.63) is 53.9 Å². The van der Waals surface area contributed by atoms with E-state index in [0.717, 1.165) is 12.1 Å². The van der Waals surface area contributed by atoms with E-state index in [4.69, 9.17) is 4.74 Å². The molecule has 0 amide bonds. The number of carbonyl (C=O) groups excluding carboxylic acids is 1. The van der Waals surface area contributed by atoms with Crippen LogP contribution < -0.4 is 14.8 Å². The molecule has 1 aliphatic heterocycles. The van der Waals surface area contributed by atoms with Gasteiger partial charge in [0, 0.05) is 11.8 Å². The van der Waals surface area contributed by atoms with Crippen LogP contribution in [0, 0.1) is 11.8 Å². The van der Waals surface area contributed by atoms with Crippen molar-refractivity contribution < 1.29 is 40.6 Å². The second-order valence-corrected chi connectivity index (χ2v) is 5.74. The Morgan fingerprint density at radius 1 is 1.17 bits per heavy atom. The normalized spacial score (nSPS) is 21.2. The average molecular weight is 416 g/mol. The summed E-state index contributed by atoms with van der Waals surface area (Å²) in [6, 6.07) is 6.49. The SMILES string of the molecule is O=CC1NC(C#Cc2ccccn2)(C(F)(F)F)c2cc(OC(F)(F)F)ccc2O1. The monoisotopic (exact) mass is 416 g/mol. The maximum absolute atomic E-state index is 14.1. The van der Waals surface area contributed by atoms with Gasteiger partial charge >= 0.3 is 12.5 Å². The van der Waals surface area contributed by atoms with E-state index in [-0.39, 0.29) is 12.0 Å². The first-order valence-corrected chi connectivity index (χ1v) is 7.85. The standard InChI is InChI=1S/C18H10F6N2O3/c19-17(20,21)16(7-6-11-3-1-2-8-25-11)13-9-12(29-18(22,23)24)4-5-14(13)28-15(10-27)26-16/h1-5,8-10,15,26H. The quantitative estimate of drug-likeness (QED) is 0.463. The van der Waals surface area contributed by atoms with Gasteiger partial charge in [-0.2, -0.15) is 13.2 Å². The number of alkyl halides is 6. The van der Waals surface area contributed by atoms with Gasteiger partial charge in [0.15, 0.2) is 6.29 Å². The number of nitrogens with zero attached hydrogens (tertiary/aromatic N) is 1. The molecule has 1 aliphatic rings. The number of aldehydes is 1. The summed E-state index contributed by atoms with van der Waals surface area (Å²) < 4.78 is 88.7. The van der Waals surface area contributed by atoms with Gasteiger partial charge in [-0.05, 0) is 36.3 Å². The summed E-state index contributed by atoms with van der Waals surface area (Å²) in [4.78, 5) is 14.9. The zero-order chi connectivity index (χ0) is 21.3. The molecule has 1 aromatic carbocycles. The van der Waals surface area contributed by atoms with Gasteiger partial charge in [-0.1, -0.05) is 12.0 Å². The number of hydrogen-bond acceptors (Lipinski definition) is 5. The number of hydrogen-bond donors (Lipinski definition) is 1. The average Bonchev–Trinajstić information content (AvgIpc) is 2.64. The lowest BCUT2D eigenvalue weighted by Gasteiger charge is -2.39. The first-order chi connectivity index (χ1) is 13.5. The number of benzene rings is 1. The molecule has 0 fully saturated rings. The van der Waals surface area contributed by atoms with E-state index in [1.165, 1.54) is 24.4 Å².